The minimum Gasteiger partial charge on any atom is -0.349 e. The molecule has 0 unspecified atom stereocenters. The number of piperidine rings is 1. The highest BCUT2D eigenvalue weighted by atomic mass is 16.1. The number of nitrogens with zero attached hydrogens (tertiary/aromatic N) is 2. The molecular weight excluding hydrogens is 240 g/mol. The van der Waals surface area contributed by atoms with E-state index in [1.54, 1.807) is 0 Å². The van der Waals surface area contributed by atoms with E-state index in [9.17, 15) is 4.79 Å². The van der Waals surface area contributed by atoms with Gasteiger partial charge in [0.15, 0.2) is 0 Å². The molecule has 0 saturated carbocycles. The Bertz CT molecular complexity index is 396. The van der Waals surface area contributed by atoms with E-state index in [0.29, 0.717) is 12.2 Å². The fourth-order valence-electron chi connectivity index (χ4n) is 2.48. The summed E-state index contributed by atoms with van der Waals surface area (Å²) >= 11 is 0. The van der Waals surface area contributed by atoms with Gasteiger partial charge in [0.05, 0.1) is 0 Å². The van der Waals surface area contributed by atoms with Crippen molar-refractivity contribution in [2.24, 2.45) is 0 Å². The summed E-state index contributed by atoms with van der Waals surface area (Å²) in [5.74, 6) is -0.0735. The second-order valence-corrected chi connectivity index (χ2v) is 5.19. The zero-order valence-electron chi connectivity index (χ0n) is 11.7. The van der Waals surface area contributed by atoms with Crippen LogP contribution in [0, 0.1) is 0 Å². The molecule has 1 aliphatic rings. The minimum atomic E-state index is -0.0735. The fraction of sp³-hybridized carbons (Fsp3) is 0.714. The molecule has 2 heterocycles. The average Bonchev–Trinajstić information content (AvgIpc) is 2.89. The van der Waals surface area contributed by atoms with E-state index < -0.39 is 0 Å². The van der Waals surface area contributed by atoms with Crippen molar-refractivity contribution in [3.63, 3.8) is 0 Å². The summed E-state index contributed by atoms with van der Waals surface area (Å²) in [7, 11) is 0. The molecule has 1 aromatic rings. The molecule has 19 heavy (non-hydrogen) atoms. The molecule has 1 aliphatic heterocycles. The fourth-order valence-corrected chi connectivity index (χ4v) is 2.48. The number of carbonyl (C=O) groups excluding carboxylic acids is 1. The average molecular weight is 264 g/mol. The van der Waals surface area contributed by atoms with Crippen LogP contribution in [0.1, 0.15) is 48.8 Å². The summed E-state index contributed by atoms with van der Waals surface area (Å²) in [5.41, 5.74) is 1.53. The van der Waals surface area contributed by atoms with E-state index in [0.717, 1.165) is 25.1 Å². The third kappa shape index (κ3) is 4.35. The number of rotatable bonds is 6. The van der Waals surface area contributed by atoms with Crippen LogP contribution in [-0.2, 0) is 6.42 Å². The lowest BCUT2D eigenvalue weighted by atomic mass is 10.1. The Morgan fingerprint density at radius 1 is 1.42 bits per heavy atom. The van der Waals surface area contributed by atoms with Crippen molar-refractivity contribution in [1.82, 2.24) is 20.4 Å². The molecule has 1 aromatic heterocycles. The molecule has 1 amide bonds. The zero-order chi connectivity index (χ0) is 13.5. The molecular formula is C14H24N4O. The summed E-state index contributed by atoms with van der Waals surface area (Å²) in [6.45, 7) is 6.09. The van der Waals surface area contributed by atoms with Gasteiger partial charge in [-0.2, -0.15) is 5.10 Å². The zero-order valence-corrected chi connectivity index (χ0v) is 11.7. The lowest BCUT2D eigenvalue weighted by Gasteiger charge is -2.26. The molecule has 106 valence electrons. The molecule has 0 radical (unpaired) electrons. The second-order valence-electron chi connectivity index (χ2n) is 5.19. The van der Waals surface area contributed by atoms with Crippen LogP contribution in [0.5, 0.6) is 0 Å². The van der Waals surface area contributed by atoms with Crippen LogP contribution in [0.25, 0.3) is 0 Å². The predicted molar refractivity (Wildman–Crippen MR) is 75.2 cm³/mol. The van der Waals surface area contributed by atoms with Gasteiger partial charge in [-0.3, -0.25) is 9.89 Å². The monoisotopic (exact) mass is 264 g/mol. The Balaban J connectivity index is 1.70. The van der Waals surface area contributed by atoms with E-state index in [1.165, 1.54) is 32.4 Å². The molecule has 5 nitrogen and oxygen atoms in total. The maximum absolute atomic E-state index is 11.9. The lowest BCUT2D eigenvalue weighted by Crippen LogP contribution is -2.37. The van der Waals surface area contributed by atoms with Gasteiger partial charge < -0.3 is 10.2 Å². The van der Waals surface area contributed by atoms with E-state index in [-0.39, 0.29) is 5.91 Å². The molecule has 0 aliphatic carbocycles. The number of hydrogen-bond donors (Lipinski definition) is 2. The number of aryl methyl sites for hydroxylation is 1. The van der Waals surface area contributed by atoms with Gasteiger partial charge in [-0.15, -0.1) is 0 Å². The third-order valence-corrected chi connectivity index (χ3v) is 3.55. The first-order chi connectivity index (χ1) is 9.29. The van der Waals surface area contributed by atoms with Crippen molar-refractivity contribution in [1.29, 1.82) is 0 Å². The van der Waals surface area contributed by atoms with Crippen LogP contribution >= 0.6 is 0 Å². The van der Waals surface area contributed by atoms with Crippen LogP contribution in [0.15, 0.2) is 6.07 Å². The molecule has 0 atom stereocenters. The molecule has 2 rings (SSSR count). The summed E-state index contributed by atoms with van der Waals surface area (Å²) in [4.78, 5) is 14.3. The van der Waals surface area contributed by atoms with Crippen molar-refractivity contribution >= 4 is 5.91 Å². The SMILES string of the molecule is CCCc1cc(C(=O)NCCN2CCCCC2)n[nH]1. The summed E-state index contributed by atoms with van der Waals surface area (Å²) in [5, 5.41) is 9.89. The smallest absolute Gasteiger partial charge is 0.271 e. The quantitative estimate of drug-likeness (QED) is 0.820. The Kier molecular flexibility index (Phi) is 5.39. The van der Waals surface area contributed by atoms with Crippen LogP contribution in [0.3, 0.4) is 0 Å². The Morgan fingerprint density at radius 3 is 2.95 bits per heavy atom. The van der Waals surface area contributed by atoms with E-state index >= 15 is 0 Å². The minimum absolute atomic E-state index is 0.0735. The van der Waals surface area contributed by atoms with E-state index in [2.05, 4.69) is 27.3 Å². The molecule has 1 saturated heterocycles. The maximum atomic E-state index is 11.9. The van der Waals surface area contributed by atoms with Gasteiger partial charge in [-0.25, -0.2) is 0 Å². The highest BCUT2D eigenvalue weighted by Gasteiger charge is 2.12. The van der Waals surface area contributed by atoms with Crippen molar-refractivity contribution in [3.05, 3.63) is 17.5 Å². The van der Waals surface area contributed by atoms with Gasteiger partial charge in [0.1, 0.15) is 5.69 Å². The molecule has 2 N–H and O–H groups in total. The first-order valence-electron chi connectivity index (χ1n) is 7.34. The number of aromatic amines is 1. The molecule has 5 heteroatoms. The standard InChI is InChI=1S/C14H24N4O/c1-2-6-12-11-13(17-16-12)14(19)15-7-10-18-8-4-3-5-9-18/h11H,2-10H2,1H3,(H,15,19)(H,16,17). The van der Waals surface area contributed by atoms with Crippen molar-refractivity contribution in [2.45, 2.75) is 39.0 Å². The number of amides is 1. The lowest BCUT2D eigenvalue weighted by molar-refractivity contribution is 0.0941. The van der Waals surface area contributed by atoms with Gasteiger partial charge in [-0.05, 0) is 38.4 Å². The Morgan fingerprint density at radius 2 is 2.21 bits per heavy atom. The Labute approximate surface area is 114 Å². The van der Waals surface area contributed by atoms with Crippen LogP contribution in [0.4, 0.5) is 0 Å². The highest BCUT2D eigenvalue weighted by molar-refractivity contribution is 5.92. The van der Waals surface area contributed by atoms with Gasteiger partial charge in [0, 0.05) is 18.8 Å². The maximum Gasteiger partial charge on any atom is 0.271 e. The number of aromatic nitrogens is 2. The first-order valence-corrected chi connectivity index (χ1v) is 7.34. The van der Waals surface area contributed by atoms with Crippen LogP contribution in [0.2, 0.25) is 0 Å². The van der Waals surface area contributed by atoms with Crippen molar-refractivity contribution in [2.75, 3.05) is 26.2 Å². The number of nitrogens with one attached hydrogen (secondary N) is 2. The molecule has 0 spiro atoms. The normalized spacial score (nSPS) is 16.5. The summed E-state index contributed by atoms with van der Waals surface area (Å²) < 4.78 is 0. The van der Waals surface area contributed by atoms with E-state index in [4.69, 9.17) is 0 Å². The van der Waals surface area contributed by atoms with Crippen LogP contribution in [-0.4, -0.2) is 47.2 Å². The molecule has 1 fully saturated rings. The van der Waals surface area contributed by atoms with Gasteiger partial charge >= 0.3 is 0 Å². The van der Waals surface area contributed by atoms with Crippen LogP contribution < -0.4 is 5.32 Å². The van der Waals surface area contributed by atoms with Gasteiger partial charge in [0.25, 0.3) is 5.91 Å². The largest absolute Gasteiger partial charge is 0.349 e. The third-order valence-electron chi connectivity index (χ3n) is 3.55. The predicted octanol–water partition coefficient (Wildman–Crippen LogP) is 1.58. The summed E-state index contributed by atoms with van der Waals surface area (Å²) in [6.07, 6.45) is 5.91. The van der Waals surface area contributed by atoms with Gasteiger partial charge in [-0.1, -0.05) is 19.8 Å². The highest BCUT2D eigenvalue weighted by Crippen LogP contribution is 2.07. The first kappa shape index (κ1) is 14.1. The second kappa shape index (κ2) is 7.28. The Hall–Kier alpha value is -1.36. The topological polar surface area (TPSA) is 61.0 Å². The number of hydrogen-bond acceptors (Lipinski definition) is 3. The number of carbonyl (C=O) groups is 1. The summed E-state index contributed by atoms with van der Waals surface area (Å²) in [6, 6.07) is 1.85. The number of likely N-dealkylation sites (tertiary alicyclic amines) is 1. The van der Waals surface area contributed by atoms with Crippen molar-refractivity contribution in [3.8, 4) is 0 Å². The van der Waals surface area contributed by atoms with Crippen molar-refractivity contribution < 1.29 is 4.79 Å². The number of H-pyrrole nitrogens is 1. The van der Waals surface area contributed by atoms with E-state index in [1.807, 2.05) is 6.07 Å². The van der Waals surface area contributed by atoms with Gasteiger partial charge in [0.2, 0.25) is 0 Å². The molecule has 0 bridgehead atoms. The molecule has 0 aromatic carbocycles.